The lowest BCUT2D eigenvalue weighted by molar-refractivity contribution is -0.384. The van der Waals surface area contributed by atoms with E-state index in [2.05, 4.69) is 26.2 Å². The molecule has 5 N–H and O–H groups in total. The summed E-state index contributed by atoms with van der Waals surface area (Å²) in [7, 11) is 0. The molecule has 0 fully saturated rings. The van der Waals surface area contributed by atoms with Crippen LogP contribution in [0.25, 0.3) is 0 Å². The van der Waals surface area contributed by atoms with E-state index in [0.29, 0.717) is 24.5 Å². The molecule has 0 bridgehead atoms. The first-order valence-corrected chi connectivity index (χ1v) is 17.9. The van der Waals surface area contributed by atoms with E-state index in [1.807, 2.05) is 24.0 Å². The van der Waals surface area contributed by atoms with Gasteiger partial charge >= 0.3 is 17.9 Å². The monoisotopic (exact) mass is 785 g/mol. The number of nitrogens with zero attached hydrogens (tertiary/aromatic N) is 4. The Labute approximate surface area is 324 Å². The molecule has 0 aliphatic heterocycles. The van der Waals surface area contributed by atoms with Crippen molar-refractivity contribution in [3.8, 4) is 0 Å². The summed E-state index contributed by atoms with van der Waals surface area (Å²) in [6.07, 6.45) is -1.15. The number of azo groups is 1. The topological polar surface area (TPSA) is 269 Å². The summed E-state index contributed by atoms with van der Waals surface area (Å²) in [5.41, 5.74) is 1.06. The largest absolute Gasteiger partial charge is 0.481 e. The highest BCUT2D eigenvalue weighted by Crippen LogP contribution is 2.24. The number of aliphatic carboxylic acids is 2. The predicted molar refractivity (Wildman–Crippen MR) is 203 cm³/mol. The number of likely N-dealkylation sites (N-methyl/N-ethyl adjacent to an activating group) is 1. The van der Waals surface area contributed by atoms with E-state index in [4.69, 9.17) is 9.47 Å². The summed E-state index contributed by atoms with van der Waals surface area (Å²) in [6, 6.07) is 8.52. The fraction of sp³-hybridized carbons (Fsp3) is 0.514. The highest BCUT2D eigenvalue weighted by molar-refractivity contribution is 5.95. The zero-order chi connectivity index (χ0) is 42.0. The van der Waals surface area contributed by atoms with Crippen LogP contribution in [0, 0.1) is 16.0 Å². The average molecular weight is 786 g/mol. The number of nitro groups is 1. The third kappa shape index (κ3) is 17.0. The summed E-state index contributed by atoms with van der Waals surface area (Å²) in [5, 5.41) is 45.0. The number of esters is 1. The van der Waals surface area contributed by atoms with Gasteiger partial charge in [-0.3, -0.25) is 34.1 Å². The van der Waals surface area contributed by atoms with Crippen LogP contribution in [0.15, 0.2) is 58.8 Å². The normalized spacial score (nSPS) is 13.0. The van der Waals surface area contributed by atoms with E-state index in [0.717, 1.165) is 5.69 Å². The van der Waals surface area contributed by atoms with Crippen molar-refractivity contribution in [2.45, 2.75) is 91.0 Å². The SMILES string of the molecule is CCN(CCOC(=O)CCCC(=O)N[C@@H](CC(=O)O)C(=O)N[C@@H](COC(C)(C)C)C(=O)N[C@H](C(=O)O)C(C)C)c1ccc(N=Nc2ccc([N+](=O)[O-])cc2)cc1. The highest BCUT2D eigenvalue weighted by Gasteiger charge is 2.32. The lowest BCUT2D eigenvalue weighted by atomic mass is 10.0. The van der Waals surface area contributed by atoms with Crippen LogP contribution >= 0.6 is 0 Å². The summed E-state index contributed by atoms with van der Waals surface area (Å²) < 4.78 is 11.0. The molecule has 0 aliphatic carbocycles. The summed E-state index contributed by atoms with van der Waals surface area (Å²) in [4.78, 5) is 86.8. The van der Waals surface area contributed by atoms with Crippen LogP contribution in [-0.4, -0.2) is 101 Å². The van der Waals surface area contributed by atoms with Gasteiger partial charge in [-0.05, 0) is 76.4 Å². The Hall–Kier alpha value is -5.98. The summed E-state index contributed by atoms with van der Waals surface area (Å²) in [5.74, 6) is -6.35. The molecule has 0 radical (unpaired) electrons. The smallest absolute Gasteiger partial charge is 0.326 e. The minimum atomic E-state index is -1.59. The standard InChI is InChI=1S/C37H51N7O12/c1-7-43(26-15-11-24(12-16-26)41-42-25-13-17-27(18-14-25)44(53)54)19-20-55-32(48)10-8-9-30(45)38-28(21-31(46)47)34(49)39-29(22-56-37(4,5)6)35(50)40-33(23(2)3)36(51)52/h11-18,23,28-29,33H,7-10,19-22H2,1-6H3,(H,38,45)(H,39,49)(H,40,50)(H,46,47)(H,51,52)/t28-,29-,33-/m0/s1. The lowest BCUT2D eigenvalue weighted by Gasteiger charge is -2.28. The number of carbonyl (C=O) groups is 6. The number of non-ortho nitro benzene ring substituents is 1. The first-order valence-electron chi connectivity index (χ1n) is 17.9. The van der Waals surface area contributed by atoms with Gasteiger partial charge in [0.05, 0.1) is 41.5 Å². The number of carbonyl (C=O) groups excluding carboxylic acids is 4. The molecule has 2 aromatic carbocycles. The number of carboxylic acids is 2. The number of hydrogen-bond donors (Lipinski definition) is 5. The number of nitrogens with one attached hydrogen (secondary N) is 3. The van der Waals surface area contributed by atoms with Crippen molar-refractivity contribution in [2.24, 2.45) is 16.1 Å². The Morgan fingerprint density at radius 3 is 1.93 bits per heavy atom. The van der Waals surface area contributed by atoms with E-state index in [-0.39, 0.29) is 38.2 Å². The lowest BCUT2D eigenvalue weighted by Crippen LogP contribution is -2.58. The molecule has 0 unspecified atom stereocenters. The van der Waals surface area contributed by atoms with E-state index in [9.17, 15) is 49.1 Å². The molecule has 0 saturated heterocycles. The number of amides is 3. The van der Waals surface area contributed by atoms with E-state index < -0.39 is 76.6 Å². The number of hydrogen-bond acceptors (Lipinski definition) is 13. The Morgan fingerprint density at radius 2 is 1.43 bits per heavy atom. The third-order valence-electron chi connectivity index (χ3n) is 7.92. The molecule has 0 spiro atoms. The second kappa shape index (κ2) is 22.4. The van der Waals surface area contributed by atoms with Gasteiger partial charge in [-0.15, -0.1) is 0 Å². The van der Waals surface area contributed by atoms with Crippen molar-refractivity contribution in [1.29, 1.82) is 0 Å². The molecular formula is C37H51N7O12. The number of nitro benzene ring substituents is 1. The fourth-order valence-electron chi connectivity index (χ4n) is 4.90. The van der Waals surface area contributed by atoms with Crippen LogP contribution in [0.3, 0.4) is 0 Å². The number of carboxylic acid groups (broad SMARTS) is 2. The van der Waals surface area contributed by atoms with Crippen molar-refractivity contribution in [2.75, 3.05) is 31.2 Å². The molecule has 0 heterocycles. The zero-order valence-corrected chi connectivity index (χ0v) is 32.4. The molecule has 0 aliphatic rings. The number of ether oxygens (including phenoxy) is 2. The molecule has 0 saturated carbocycles. The Kier molecular flexibility index (Phi) is 18.5. The first-order chi connectivity index (χ1) is 26.3. The molecular weight excluding hydrogens is 734 g/mol. The zero-order valence-electron chi connectivity index (χ0n) is 32.4. The summed E-state index contributed by atoms with van der Waals surface area (Å²) in [6.45, 7) is 10.9. The Balaban J connectivity index is 1.88. The van der Waals surface area contributed by atoms with Crippen molar-refractivity contribution in [3.05, 3.63) is 58.6 Å². The van der Waals surface area contributed by atoms with Gasteiger partial charge < -0.3 is 40.5 Å². The maximum absolute atomic E-state index is 13.2. The van der Waals surface area contributed by atoms with E-state index >= 15 is 0 Å². The minimum Gasteiger partial charge on any atom is -0.481 e. The number of benzene rings is 2. The van der Waals surface area contributed by atoms with Crippen molar-refractivity contribution in [1.82, 2.24) is 16.0 Å². The average Bonchev–Trinajstić information content (AvgIpc) is 3.12. The maximum atomic E-state index is 13.2. The predicted octanol–water partition coefficient (Wildman–Crippen LogP) is 4.03. The molecule has 2 aromatic rings. The highest BCUT2D eigenvalue weighted by atomic mass is 16.6. The summed E-state index contributed by atoms with van der Waals surface area (Å²) >= 11 is 0. The molecule has 3 atom stereocenters. The second-order valence-electron chi connectivity index (χ2n) is 13.9. The second-order valence-corrected chi connectivity index (χ2v) is 13.9. The number of rotatable bonds is 23. The van der Waals surface area contributed by atoms with Gasteiger partial charge in [0.1, 0.15) is 24.7 Å². The van der Waals surface area contributed by atoms with Gasteiger partial charge in [-0.25, -0.2) is 4.79 Å². The molecule has 19 heteroatoms. The molecule has 2 rings (SSSR count). The molecule has 306 valence electrons. The quantitative estimate of drug-likeness (QED) is 0.0461. The maximum Gasteiger partial charge on any atom is 0.326 e. The van der Waals surface area contributed by atoms with Gasteiger partial charge in [0.15, 0.2) is 0 Å². The molecule has 3 amide bonds. The Bertz CT molecular complexity index is 1690. The van der Waals surface area contributed by atoms with Crippen LogP contribution in [0.1, 0.15) is 67.2 Å². The third-order valence-corrected chi connectivity index (χ3v) is 7.92. The van der Waals surface area contributed by atoms with E-state index in [1.54, 1.807) is 46.8 Å². The van der Waals surface area contributed by atoms with Crippen LogP contribution in [0.5, 0.6) is 0 Å². The first kappa shape index (κ1) is 46.2. The van der Waals surface area contributed by atoms with Gasteiger partial charge in [0.2, 0.25) is 17.7 Å². The van der Waals surface area contributed by atoms with Crippen LogP contribution in [0.4, 0.5) is 22.7 Å². The number of anilines is 1. The molecule has 19 nitrogen and oxygen atoms in total. The van der Waals surface area contributed by atoms with Crippen LogP contribution in [-0.2, 0) is 38.2 Å². The molecule has 0 aromatic heterocycles. The van der Waals surface area contributed by atoms with Crippen LogP contribution in [0.2, 0.25) is 0 Å². The van der Waals surface area contributed by atoms with Gasteiger partial charge in [-0.1, -0.05) is 13.8 Å². The van der Waals surface area contributed by atoms with Crippen molar-refractivity contribution in [3.63, 3.8) is 0 Å². The van der Waals surface area contributed by atoms with Crippen molar-refractivity contribution >= 4 is 58.4 Å². The Morgan fingerprint density at radius 1 is 0.857 bits per heavy atom. The van der Waals surface area contributed by atoms with Gasteiger partial charge in [0.25, 0.3) is 5.69 Å². The van der Waals surface area contributed by atoms with Crippen LogP contribution < -0.4 is 20.9 Å². The van der Waals surface area contributed by atoms with Gasteiger partial charge in [0, 0.05) is 37.2 Å². The molecule has 56 heavy (non-hydrogen) atoms. The fourth-order valence-corrected chi connectivity index (χ4v) is 4.90. The minimum absolute atomic E-state index is 0.0374. The van der Waals surface area contributed by atoms with E-state index in [1.165, 1.54) is 24.3 Å². The van der Waals surface area contributed by atoms with Crippen molar-refractivity contribution < 1.29 is 53.4 Å². The van der Waals surface area contributed by atoms with Gasteiger partial charge in [-0.2, -0.15) is 10.2 Å².